The molecule has 0 radical (unpaired) electrons. The van der Waals surface area contributed by atoms with Crippen molar-refractivity contribution in [2.24, 2.45) is 17.1 Å². The normalized spacial score (nSPS) is 35.6. The lowest BCUT2D eigenvalue weighted by molar-refractivity contribution is -0.170. The number of carbonyl (C=O) groups excluding carboxylic acids is 1. The van der Waals surface area contributed by atoms with Gasteiger partial charge in [-0.2, -0.15) is 0 Å². The van der Waals surface area contributed by atoms with Crippen LogP contribution in [0, 0.1) is 18.3 Å². The Hall–Kier alpha value is -0.980. The summed E-state index contributed by atoms with van der Waals surface area (Å²) in [5.74, 6) is -0.0258. The molecular formula is C13H19N3O2S. The standard InChI is InChI=1S/C13H19N3O2S/c1-7-6-15-11(19-7)16-10(17)13(14)8-4-5-18-9(8)12(13,2)3/h6,8-9H,4-5,14H2,1-3H3,(H,15,16,17). The molecule has 2 fully saturated rings. The molecule has 0 bridgehead atoms. The van der Waals surface area contributed by atoms with Crippen molar-refractivity contribution in [3.63, 3.8) is 0 Å². The first kappa shape index (κ1) is 13.0. The lowest BCUT2D eigenvalue weighted by Gasteiger charge is -2.60. The van der Waals surface area contributed by atoms with Crippen LogP contribution in [0.15, 0.2) is 6.20 Å². The van der Waals surface area contributed by atoms with Crippen LogP contribution in [-0.2, 0) is 9.53 Å². The summed E-state index contributed by atoms with van der Waals surface area (Å²) in [5, 5.41) is 3.48. The number of thiazole rings is 1. The molecular weight excluding hydrogens is 262 g/mol. The van der Waals surface area contributed by atoms with E-state index in [-0.39, 0.29) is 23.3 Å². The van der Waals surface area contributed by atoms with E-state index in [2.05, 4.69) is 10.3 Å². The second-order valence-electron chi connectivity index (χ2n) is 6.01. The van der Waals surface area contributed by atoms with Crippen molar-refractivity contribution in [3.8, 4) is 0 Å². The van der Waals surface area contributed by atoms with E-state index in [1.165, 1.54) is 11.3 Å². The van der Waals surface area contributed by atoms with Gasteiger partial charge in [0.05, 0.1) is 6.10 Å². The smallest absolute Gasteiger partial charge is 0.247 e. The third-order valence-corrected chi connectivity index (χ3v) is 5.50. The van der Waals surface area contributed by atoms with Gasteiger partial charge in [0.2, 0.25) is 5.91 Å². The number of hydrogen-bond acceptors (Lipinski definition) is 5. The SMILES string of the molecule is Cc1cnc(NC(=O)C2(N)C3CCOC3C2(C)C)s1. The van der Waals surface area contributed by atoms with Crippen LogP contribution in [0.1, 0.15) is 25.1 Å². The number of amides is 1. The molecule has 19 heavy (non-hydrogen) atoms. The van der Waals surface area contributed by atoms with Crippen molar-refractivity contribution < 1.29 is 9.53 Å². The number of rotatable bonds is 2. The molecule has 1 saturated carbocycles. The van der Waals surface area contributed by atoms with Crippen LogP contribution in [0.3, 0.4) is 0 Å². The van der Waals surface area contributed by atoms with E-state index in [1.54, 1.807) is 6.20 Å². The van der Waals surface area contributed by atoms with Crippen molar-refractivity contribution in [1.29, 1.82) is 0 Å². The highest BCUT2D eigenvalue weighted by Crippen LogP contribution is 2.58. The Labute approximate surface area is 116 Å². The second kappa shape index (κ2) is 4.01. The third kappa shape index (κ3) is 1.60. The zero-order valence-corrected chi connectivity index (χ0v) is 12.2. The largest absolute Gasteiger partial charge is 0.377 e. The summed E-state index contributed by atoms with van der Waals surface area (Å²) in [6.45, 7) is 6.67. The second-order valence-corrected chi connectivity index (χ2v) is 7.24. The minimum atomic E-state index is -0.867. The van der Waals surface area contributed by atoms with Crippen LogP contribution in [0.2, 0.25) is 0 Å². The van der Waals surface area contributed by atoms with Gasteiger partial charge in [0, 0.05) is 29.0 Å². The van der Waals surface area contributed by atoms with Crippen molar-refractivity contribution in [2.75, 3.05) is 11.9 Å². The van der Waals surface area contributed by atoms with Gasteiger partial charge >= 0.3 is 0 Å². The maximum absolute atomic E-state index is 12.6. The highest BCUT2D eigenvalue weighted by Gasteiger charge is 2.71. The van der Waals surface area contributed by atoms with Gasteiger partial charge in [0.25, 0.3) is 0 Å². The fourth-order valence-corrected chi connectivity index (χ4v) is 4.12. The highest BCUT2D eigenvalue weighted by molar-refractivity contribution is 7.15. The Kier molecular flexibility index (Phi) is 2.75. The Bertz CT molecular complexity index is 528. The lowest BCUT2D eigenvalue weighted by atomic mass is 9.48. The summed E-state index contributed by atoms with van der Waals surface area (Å²) in [5.41, 5.74) is 5.24. The van der Waals surface area contributed by atoms with Crippen LogP contribution < -0.4 is 11.1 Å². The molecule has 1 aliphatic heterocycles. The fraction of sp³-hybridized carbons (Fsp3) is 0.692. The molecule has 2 aliphatic rings. The van der Waals surface area contributed by atoms with E-state index in [1.807, 2.05) is 20.8 Å². The van der Waals surface area contributed by atoms with Gasteiger partial charge < -0.3 is 15.8 Å². The number of aryl methyl sites for hydroxylation is 1. The molecule has 3 N–H and O–H groups in total. The zero-order chi connectivity index (χ0) is 13.8. The monoisotopic (exact) mass is 281 g/mol. The Morgan fingerprint density at radius 2 is 2.37 bits per heavy atom. The fourth-order valence-electron chi connectivity index (χ4n) is 3.46. The number of nitrogens with two attached hydrogens (primary N) is 1. The summed E-state index contributed by atoms with van der Waals surface area (Å²) >= 11 is 1.46. The first-order valence-corrected chi connectivity index (χ1v) is 7.33. The van der Waals surface area contributed by atoms with E-state index in [0.29, 0.717) is 11.7 Å². The number of nitrogens with one attached hydrogen (secondary N) is 1. The third-order valence-electron chi connectivity index (χ3n) is 4.67. The molecule has 1 aliphatic carbocycles. The van der Waals surface area contributed by atoms with Crippen molar-refractivity contribution in [2.45, 2.75) is 38.8 Å². The molecule has 1 saturated heterocycles. The summed E-state index contributed by atoms with van der Waals surface area (Å²) < 4.78 is 5.69. The van der Waals surface area contributed by atoms with Crippen LogP contribution in [0.4, 0.5) is 5.13 Å². The highest BCUT2D eigenvalue weighted by atomic mass is 32.1. The molecule has 2 heterocycles. The Morgan fingerprint density at radius 1 is 1.63 bits per heavy atom. The molecule has 1 aromatic heterocycles. The van der Waals surface area contributed by atoms with Crippen LogP contribution in [0.5, 0.6) is 0 Å². The minimum absolute atomic E-state index is 0.0984. The first-order valence-electron chi connectivity index (χ1n) is 6.51. The maximum Gasteiger partial charge on any atom is 0.247 e. The van der Waals surface area contributed by atoms with Crippen LogP contribution in [0.25, 0.3) is 0 Å². The lowest BCUT2D eigenvalue weighted by Crippen LogP contribution is -2.79. The molecule has 3 unspecified atom stereocenters. The molecule has 5 nitrogen and oxygen atoms in total. The van der Waals surface area contributed by atoms with Gasteiger partial charge in [-0.15, -0.1) is 11.3 Å². The summed E-state index contributed by atoms with van der Waals surface area (Å²) in [6.07, 6.45) is 2.70. The molecule has 0 aromatic carbocycles. The van der Waals surface area contributed by atoms with Crippen molar-refractivity contribution in [1.82, 2.24) is 4.98 Å². The van der Waals surface area contributed by atoms with E-state index in [4.69, 9.17) is 10.5 Å². The number of fused-ring (bicyclic) bond motifs is 1. The molecule has 3 atom stereocenters. The van der Waals surface area contributed by atoms with Crippen LogP contribution >= 0.6 is 11.3 Å². The number of hydrogen-bond donors (Lipinski definition) is 2. The first-order chi connectivity index (χ1) is 8.87. The summed E-state index contributed by atoms with van der Waals surface area (Å²) in [6, 6.07) is 0. The van der Waals surface area contributed by atoms with E-state index in [9.17, 15) is 4.79 Å². The average molecular weight is 281 g/mol. The minimum Gasteiger partial charge on any atom is -0.377 e. The van der Waals surface area contributed by atoms with Gasteiger partial charge in [-0.1, -0.05) is 13.8 Å². The quantitative estimate of drug-likeness (QED) is 0.862. The maximum atomic E-state index is 12.6. The van der Waals surface area contributed by atoms with Crippen molar-refractivity contribution in [3.05, 3.63) is 11.1 Å². The van der Waals surface area contributed by atoms with Crippen molar-refractivity contribution >= 4 is 22.4 Å². The molecule has 1 amide bonds. The summed E-state index contributed by atoms with van der Waals surface area (Å²) in [7, 11) is 0. The zero-order valence-electron chi connectivity index (χ0n) is 11.4. The average Bonchev–Trinajstić information content (AvgIpc) is 2.96. The predicted molar refractivity (Wildman–Crippen MR) is 74.0 cm³/mol. The van der Waals surface area contributed by atoms with Crippen LogP contribution in [-0.4, -0.2) is 29.1 Å². The molecule has 1 aromatic rings. The number of nitrogens with zero attached hydrogens (tertiary/aromatic N) is 1. The van der Waals surface area contributed by atoms with Gasteiger partial charge in [-0.25, -0.2) is 4.98 Å². The van der Waals surface area contributed by atoms with Gasteiger partial charge in [-0.05, 0) is 13.3 Å². The molecule has 104 valence electrons. The molecule has 0 spiro atoms. The number of carbonyl (C=O) groups is 1. The van der Waals surface area contributed by atoms with Gasteiger partial charge in [-0.3, -0.25) is 4.79 Å². The predicted octanol–water partition coefficient (Wildman–Crippen LogP) is 1.53. The Balaban J connectivity index is 1.82. The Morgan fingerprint density at radius 3 is 3.00 bits per heavy atom. The van der Waals surface area contributed by atoms with E-state index in [0.717, 1.165) is 11.3 Å². The topological polar surface area (TPSA) is 77.2 Å². The molecule has 6 heteroatoms. The van der Waals surface area contributed by atoms with Gasteiger partial charge in [0.15, 0.2) is 5.13 Å². The van der Waals surface area contributed by atoms with E-state index < -0.39 is 5.54 Å². The van der Waals surface area contributed by atoms with E-state index >= 15 is 0 Å². The van der Waals surface area contributed by atoms with Gasteiger partial charge in [0.1, 0.15) is 5.54 Å². The number of aromatic nitrogens is 1. The number of ether oxygens (including phenoxy) is 1. The molecule has 3 rings (SSSR count). The summed E-state index contributed by atoms with van der Waals surface area (Å²) in [4.78, 5) is 17.8. The number of anilines is 1.